The molecule has 4 rings (SSSR count). The highest BCUT2D eigenvalue weighted by Crippen LogP contribution is 2.33. The Kier molecular flexibility index (Phi) is 5.93. The smallest absolute Gasteiger partial charge is 0.253 e. The first-order valence-electron chi connectivity index (χ1n) is 10.3. The number of anilines is 1. The van der Waals surface area contributed by atoms with Crippen molar-refractivity contribution in [1.29, 1.82) is 0 Å². The van der Waals surface area contributed by atoms with Crippen molar-refractivity contribution in [2.75, 3.05) is 31.6 Å². The van der Waals surface area contributed by atoms with Crippen LogP contribution in [0.15, 0.2) is 54.6 Å². The van der Waals surface area contributed by atoms with Crippen LogP contribution in [0.1, 0.15) is 28.2 Å². The zero-order chi connectivity index (χ0) is 20.9. The van der Waals surface area contributed by atoms with Gasteiger partial charge in [-0.1, -0.05) is 18.2 Å². The van der Waals surface area contributed by atoms with E-state index in [1.54, 1.807) is 0 Å². The molecule has 1 aliphatic heterocycles. The summed E-state index contributed by atoms with van der Waals surface area (Å²) in [6.07, 6.45) is 0.849. The molecule has 156 valence electrons. The molecule has 0 atom stereocenters. The van der Waals surface area contributed by atoms with Gasteiger partial charge in [-0.05, 0) is 50.6 Å². The van der Waals surface area contributed by atoms with Gasteiger partial charge < -0.3 is 24.7 Å². The van der Waals surface area contributed by atoms with Gasteiger partial charge in [-0.2, -0.15) is 0 Å². The lowest BCUT2D eigenvalue weighted by Crippen LogP contribution is -2.26. The Labute approximate surface area is 176 Å². The van der Waals surface area contributed by atoms with E-state index in [0.717, 1.165) is 47.2 Å². The molecule has 3 aromatic rings. The largest absolute Gasteiger partial charge is 0.486 e. The van der Waals surface area contributed by atoms with Gasteiger partial charge in [-0.3, -0.25) is 4.79 Å². The third-order valence-corrected chi connectivity index (χ3v) is 5.20. The Morgan fingerprint density at radius 2 is 1.73 bits per heavy atom. The third kappa shape index (κ3) is 4.27. The Balaban J connectivity index is 1.38. The molecule has 0 saturated heterocycles. The number of para-hydroxylation sites is 1. The average molecular weight is 405 g/mol. The summed E-state index contributed by atoms with van der Waals surface area (Å²) in [5.41, 5.74) is 4.65. The topological polar surface area (TPSA) is 64.5 Å². The van der Waals surface area contributed by atoms with E-state index in [9.17, 15) is 4.79 Å². The highest BCUT2D eigenvalue weighted by molar-refractivity contribution is 5.95. The molecule has 1 aliphatic rings. The van der Waals surface area contributed by atoms with Crippen LogP contribution in [0.4, 0.5) is 5.69 Å². The summed E-state index contributed by atoms with van der Waals surface area (Å²) in [5.74, 6) is 1.45. The number of carbonyl (C=O) groups excluding carboxylic acids is 1. The van der Waals surface area contributed by atoms with Gasteiger partial charge in [0.15, 0.2) is 11.5 Å². The van der Waals surface area contributed by atoms with E-state index in [0.29, 0.717) is 25.3 Å². The van der Waals surface area contributed by atoms with Crippen LogP contribution in [0.3, 0.4) is 0 Å². The molecule has 6 nitrogen and oxygen atoms in total. The third-order valence-electron chi connectivity index (χ3n) is 5.20. The fraction of sp³-hybridized carbons (Fsp3) is 0.292. The minimum Gasteiger partial charge on any atom is -0.486 e. The van der Waals surface area contributed by atoms with Crippen LogP contribution in [-0.4, -0.2) is 36.8 Å². The van der Waals surface area contributed by atoms with Crippen molar-refractivity contribution in [2.24, 2.45) is 0 Å². The number of benzene rings is 2. The van der Waals surface area contributed by atoms with E-state index in [1.165, 1.54) is 0 Å². The van der Waals surface area contributed by atoms with E-state index < -0.39 is 0 Å². The molecule has 2 aromatic carbocycles. The number of hydrogen-bond donors (Lipinski definition) is 2. The molecular formula is C24H27N3O3. The molecule has 2 N–H and O–H groups in total. The lowest BCUT2D eigenvalue weighted by molar-refractivity contribution is 0.0953. The number of ether oxygens (including phenoxy) is 2. The van der Waals surface area contributed by atoms with Gasteiger partial charge in [0.1, 0.15) is 13.2 Å². The first-order valence-corrected chi connectivity index (χ1v) is 10.3. The van der Waals surface area contributed by atoms with Gasteiger partial charge in [0, 0.05) is 41.9 Å². The van der Waals surface area contributed by atoms with Crippen LogP contribution in [0.2, 0.25) is 0 Å². The van der Waals surface area contributed by atoms with Crippen LogP contribution in [0.5, 0.6) is 11.5 Å². The number of aromatic nitrogens is 1. The second-order valence-electron chi connectivity index (χ2n) is 7.35. The molecule has 0 saturated carbocycles. The first kappa shape index (κ1) is 19.9. The number of nitrogens with zero attached hydrogens (tertiary/aromatic N) is 1. The minimum atomic E-state index is -0.0494. The Morgan fingerprint density at radius 1 is 0.967 bits per heavy atom. The minimum absolute atomic E-state index is 0.0494. The van der Waals surface area contributed by atoms with Crippen molar-refractivity contribution < 1.29 is 14.3 Å². The standard InChI is InChI=1S/C24H27N3O3/c1-17-15-21(24(28)26-12-6-11-25-19-7-4-3-5-8-19)18(2)27(17)20-9-10-22-23(16-20)30-14-13-29-22/h3-5,7-10,15-16,25H,6,11-14H2,1-2H3,(H,26,28). The summed E-state index contributed by atoms with van der Waals surface area (Å²) in [6.45, 7) is 6.51. The van der Waals surface area contributed by atoms with Crippen molar-refractivity contribution in [3.63, 3.8) is 0 Å². The maximum absolute atomic E-state index is 12.7. The molecule has 1 amide bonds. The average Bonchev–Trinajstić information content (AvgIpc) is 3.07. The molecule has 0 aliphatic carbocycles. The van der Waals surface area contributed by atoms with Gasteiger partial charge in [-0.25, -0.2) is 0 Å². The molecule has 0 unspecified atom stereocenters. The quantitative estimate of drug-likeness (QED) is 0.581. The normalized spacial score (nSPS) is 12.5. The molecule has 2 heterocycles. The first-order chi connectivity index (χ1) is 14.6. The number of aryl methyl sites for hydroxylation is 1. The Bertz CT molecular complexity index is 1030. The number of hydrogen-bond acceptors (Lipinski definition) is 4. The van der Waals surface area contributed by atoms with E-state index >= 15 is 0 Å². The lowest BCUT2D eigenvalue weighted by Gasteiger charge is -2.20. The monoisotopic (exact) mass is 405 g/mol. The summed E-state index contributed by atoms with van der Waals surface area (Å²) in [4.78, 5) is 12.7. The summed E-state index contributed by atoms with van der Waals surface area (Å²) in [7, 11) is 0. The summed E-state index contributed by atoms with van der Waals surface area (Å²) in [6, 6.07) is 17.9. The van der Waals surface area contributed by atoms with Gasteiger partial charge in [0.2, 0.25) is 0 Å². The van der Waals surface area contributed by atoms with Crippen molar-refractivity contribution in [3.05, 3.63) is 71.5 Å². The van der Waals surface area contributed by atoms with Crippen molar-refractivity contribution >= 4 is 11.6 Å². The zero-order valence-electron chi connectivity index (χ0n) is 17.4. The summed E-state index contributed by atoms with van der Waals surface area (Å²) in [5, 5.41) is 6.38. The van der Waals surface area contributed by atoms with Crippen molar-refractivity contribution in [1.82, 2.24) is 9.88 Å². The molecule has 0 fully saturated rings. The van der Waals surface area contributed by atoms with Gasteiger partial charge in [0.25, 0.3) is 5.91 Å². The van der Waals surface area contributed by atoms with Crippen LogP contribution in [-0.2, 0) is 0 Å². The van der Waals surface area contributed by atoms with E-state index in [2.05, 4.69) is 15.2 Å². The van der Waals surface area contributed by atoms with Crippen LogP contribution in [0.25, 0.3) is 5.69 Å². The van der Waals surface area contributed by atoms with Crippen molar-refractivity contribution in [3.8, 4) is 17.2 Å². The van der Waals surface area contributed by atoms with Crippen LogP contribution in [0, 0.1) is 13.8 Å². The second kappa shape index (κ2) is 8.95. The number of rotatable bonds is 7. The fourth-order valence-electron chi connectivity index (χ4n) is 3.74. The molecule has 6 heteroatoms. The molecule has 0 bridgehead atoms. The highest BCUT2D eigenvalue weighted by Gasteiger charge is 2.18. The zero-order valence-corrected chi connectivity index (χ0v) is 17.4. The SMILES string of the molecule is Cc1cc(C(=O)NCCCNc2ccccc2)c(C)n1-c1ccc2c(c1)OCCO2. The summed E-state index contributed by atoms with van der Waals surface area (Å²) < 4.78 is 13.4. The van der Waals surface area contributed by atoms with E-state index in [-0.39, 0.29) is 5.91 Å². The Morgan fingerprint density at radius 3 is 2.53 bits per heavy atom. The van der Waals surface area contributed by atoms with E-state index in [4.69, 9.17) is 9.47 Å². The fourth-order valence-corrected chi connectivity index (χ4v) is 3.74. The lowest BCUT2D eigenvalue weighted by atomic mass is 10.2. The highest BCUT2D eigenvalue weighted by atomic mass is 16.6. The maximum atomic E-state index is 12.7. The summed E-state index contributed by atoms with van der Waals surface area (Å²) >= 11 is 0. The molecule has 1 aromatic heterocycles. The molecule has 30 heavy (non-hydrogen) atoms. The molecule has 0 radical (unpaired) electrons. The number of nitrogens with one attached hydrogen (secondary N) is 2. The van der Waals surface area contributed by atoms with Gasteiger partial charge in [0.05, 0.1) is 5.56 Å². The number of amides is 1. The van der Waals surface area contributed by atoms with E-state index in [1.807, 2.05) is 68.4 Å². The molecule has 0 spiro atoms. The number of fused-ring (bicyclic) bond motifs is 1. The number of carbonyl (C=O) groups is 1. The second-order valence-corrected chi connectivity index (χ2v) is 7.35. The molecular weight excluding hydrogens is 378 g/mol. The van der Waals surface area contributed by atoms with Crippen LogP contribution >= 0.6 is 0 Å². The Hall–Kier alpha value is -3.41. The van der Waals surface area contributed by atoms with Gasteiger partial charge in [-0.15, -0.1) is 0 Å². The predicted molar refractivity (Wildman–Crippen MR) is 118 cm³/mol. The van der Waals surface area contributed by atoms with Crippen molar-refractivity contribution in [2.45, 2.75) is 20.3 Å². The van der Waals surface area contributed by atoms with Crippen LogP contribution < -0.4 is 20.1 Å². The predicted octanol–water partition coefficient (Wildman–Crippen LogP) is 4.10. The maximum Gasteiger partial charge on any atom is 0.253 e. The van der Waals surface area contributed by atoms with Gasteiger partial charge >= 0.3 is 0 Å².